The van der Waals surface area contributed by atoms with Crippen molar-refractivity contribution in [3.8, 4) is 17.1 Å². The molecule has 1 heterocycles. The minimum absolute atomic E-state index is 0.189. The molecule has 18 heavy (non-hydrogen) atoms. The van der Waals surface area contributed by atoms with Gasteiger partial charge in [-0.1, -0.05) is 12.1 Å². The second-order valence-corrected chi connectivity index (χ2v) is 5.59. The molecule has 0 spiro atoms. The maximum absolute atomic E-state index is 9.75. The Labute approximate surface area is 120 Å². The molecule has 0 aliphatic rings. The van der Waals surface area contributed by atoms with Gasteiger partial charge in [0.25, 0.3) is 0 Å². The molecule has 0 amide bonds. The average molecular weight is 368 g/mol. The Kier molecular flexibility index (Phi) is 2.87. The molecule has 2 aromatic carbocycles. The lowest BCUT2D eigenvalue weighted by molar-refractivity contribution is 0.472. The fourth-order valence-electron chi connectivity index (χ4n) is 1.80. The van der Waals surface area contributed by atoms with Crippen LogP contribution in [0.5, 0.6) is 5.75 Å². The van der Waals surface area contributed by atoms with E-state index in [1.807, 2.05) is 24.3 Å². The normalized spacial score (nSPS) is 11.0. The second-order valence-electron chi connectivity index (χ2n) is 3.89. The van der Waals surface area contributed by atoms with E-state index in [0.29, 0.717) is 4.47 Å². The highest BCUT2D eigenvalue weighted by molar-refractivity contribution is 9.11. The van der Waals surface area contributed by atoms with Gasteiger partial charge in [-0.2, -0.15) is 0 Å². The molecule has 5 heteroatoms. The summed E-state index contributed by atoms with van der Waals surface area (Å²) in [5, 5.41) is 9.75. The van der Waals surface area contributed by atoms with E-state index in [1.165, 1.54) is 0 Å². The lowest BCUT2D eigenvalue weighted by Crippen LogP contribution is -1.83. The second kappa shape index (κ2) is 4.40. The molecule has 0 unspecified atom stereocenters. The van der Waals surface area contributed by atoms with Crippen LogP contribution in [0.2, 0.25) is 0 Å². The van der Waals surface area contributed by atoms with Gasteiger partial charge >= 0.3 is 0 Å². The van der Waals surface area contributed by atoms with Crippen molar-refractivity contribution in [2.24, 2.45) is 0 Å². The predicted molar refractivity (Wildman–Crippen MR) is 78.6 cm³/mol. The summed E-state index contributed by atoms with van der Waals surface area (Å²) in [4.78, 5) is 7.73. The van der Waals surface area contributed by atoms with Gasteiger partial charge in [-0.25, -0.2) is 4.98 Å². The monoisotopic (exact) mass is 366 g/mol. The number of nitrogens with one attached hydrogen (secondary N) is 1. The first-order chi connectivity index (χ1) is 8.65. The maximum Gasteiger partial charge on any atom is 0.139 e. The minimum atomic E-state index is 0.189. The molecule has 0 saturated carbocycles. The van der Waals surface area contributed by atoms with Crippen molar-refractivity contribution < 1.29 is 5.11 Å². The first-order valence-electron chi connectivity index (χ1n) is 5.28. The largest absolute Gasteiger partial charge is 0.507 e. The molecule has 0 atom stereocenters. The molecule has 3 rings (SSSR count). The number of phenolic OH excluding ortho intramolecular Hbond substituents is 1. The summed E-state index contributed by atoms with van der Waals surface area (Å²) in [5.41, 5.74) is 2.70. The number of H-pyrrole nitrogens is 1. The quantitative estimate of drug-likeness (QED) is 0.667. The summed E-state index contributed by atoms with van der Waals surface area (Å²) in [6.07, 6.45) is 0. The standard InChI is InChI=1S/C13H8Br2N2O/c14-8-6-9(15)12(18)5-7(8)13-16-10-3-1-2-4-11(10)17-13/h1-6,18H,(H,16,17). The van der Waals surface area contributed by atoms with Gasteiger partial charge in [-0.3, -0.25) is 0 Å². The molecule has 0 fully saturated rings. The molecule has 0 bridgehead atoms. The van der Waals surface area contributed by atoms with Crippen LogP contribution in [0.3, 0.4) is 0 Å². The number of aromatic hydroxyl groups is 1. The number of aromatic nitrogens is 2. The van der Waals surface area contributed by atoms with Crippen molar-refractivity contribution in [3.63, 3.8) is 0 Å². The van der Waals surface area contributed by atoms with E-state index in [0.717, 1.165) is 26.9 Å². The van der Waals surface area contributed by atoms with Gasteiger partial charge in [0.15, 0.2) is 0 Å². The molecule has 90 valence electrons. The lowest BCUT2D eigenvalue weighted by Gasteiger charge is -2.03. The van der Waals surface area contributed by atoms with Crippen LogP contribution in [0.15, 0.2) is 45.3 Å². The Morgan fingerprint density at radius 2 is 1.83 bits per heavy atom. The number of aromatic amines is 1. The lowest BCUT2D eigenvalue weighted by atomic mass is 10.2. The molecule has 0 saturated heterocycles. The molecule has 0 aliphatic carbocycles. The average Bonchev–Trinajstić information content (AvgIpc) is 2.77. The van der Waals surface area contributed by atoms with Crippen LogP contribution in [0.25, 0.3) is 22.4 Å². The summed E-state index contributed by atoms with van der Waals surface area (Å²) in [6.45, 7) is 0. The Balaban J connectivity index is 2.22. The van der Waals surface area contributed by atoms with Crippen molar-refractivity contribution in [3.05, 3.63) is 45.3 Å². The first-order valence-corrected chi connectivity index (χ1v) is 6.87. The van der Waals surface area contributed by atoms with Crippen LogP contribution in [-0.4, -0.2) is 15.1 Å². The van der Waals surface area contributed by atoms with Gasteiger partial charge in [0.05, 0.1) is 15.5 Å². The Hall–Kier alpha value is -1.33. The molecular weight excluding hydrogens is 360 g/mol. The third kappa shape index (κ3) is 1.93. The van der Waals surface area contributed by atoms with Crippen molar-refractivity contribution in [1.29, 1.82) is 0 Å². The number of rotatable bonds is 1. The van der Waals surface area contributed by atoms with E-state index in [2.05, 4.69) is 41.8 Å². The predicted octanol–water partition coefficient (Wildman–Crippen LogP) is 4.46. The molecule has 1 aromatic heterocycles. The number of phenols is 1. The molecular formula is C13H8Br2N2O. The summed E-state index contributed by atoms with van der Waals surface area (Å²) in [7, 11) is 0. The van der Waals surface area contributed by atoms with Crippen molar-refractivity contribution in [1.82, 2.24) is 9.97 Å². The third-order valence-corrected chi connectivity index (χ3v) is 3.97. The van der Waals surface area contributed by atoms with Crippen LogP contribution < -0.4 is 0 Å². The number of benzene rings is 2. The number of nitrogens with zero attached hydrogens (tertiary/aromatic N) is 1. The van der Waals surface area contributed by atoms with Crippen LogP contribution in [0.4, 0.5) is 0 Å². The zero-order chi connectivity index (χ0) is 12.7. The smallest absolute Gasteiger partial charge is 0.139 e. The summed E-state index contributed by atoms with van der Waals surface area (Å²) < 4.78 is 1.51. The third-order valence-electron chi connectivity index (χ3n) is 2.68. The summed E-state index contributed by atoms with van der Waals surface area (Å²) >= 11 is 6.75. The fraction of sp³-hybridized carbons (Fsp3) is 0. The van der Waals surface area contributed by atoms with E-state index in [1.54, 1.807) is 12.1 Å². The number of para-hydroxylation sites is 2. The molecule has 3 nitrogen and oxygen atoms in total. The van der Waals surface area contributed by atoms with Crippen LogP contribution in [0, 0.1) is 0 Å². The first kappa shape index (κ1) is 11.7. The van der Waals surface area contributed by atoms with Crippen molar-refractivity contribution in [2.45, 2.75) is 0 Å². The van der Waals surface area contributed by atoms with E-state index in [9.17, 15) is 5.11 Å². The van der Waals surface area contributed by atoms with E-state index in [4.69, 9.17) is 0 Å². The zero-order valence-corrected chi connectivity index (χ0v) is 12.3. The van der Waals surface area contributed by atoms with Crippen LogP contribution in [0.1, 0.15) is 0 Å². The topological polar surface area (TPSA) is 48.9 Å². The fourth-order valence-corrected chi connectivity index (χ4v) is 2.98. The van der Waals surface area contributed by atoms with E-state index < -0.39 is 0 Å². The van der Waals surface area contributed by atoms with Gasteiger partial charge in [0.2, 0.25) is 0 Å². The molecule has 0 aliphatic heterocycles. The van der Waals surface area contributed by atoms with Gasteiger partial charge in [0.1, 0.15) is 11.6 Å². The minimum Gasteiger partial charge on any atom is -0.507 e. The highest BCUT2D eigenvalue weighted by Gasteiger charge is 2.11. The number of hydrogen-bond acceptors (Lipinski definition) is 2. The van der Waals surface area contributed by atoms with E-state index in [-0.39, 0.29) is 5.75 Å². The summed E-state index contributed by atoms with van der Waals surface area (Å²) in [5.74, 6) is 0.916. The van der Waals surface area contributed by atoms with Gasteiger partial charge in [-0.05, 0) is 56.1 Å². The Bertz CT molecular complexity index is 704. The van der Waals surface area contributed by atoms with Crippen LogP contribution in [-0.2, 0) is 0 Å². The number of imidazole rings is 1. The number of fused-ring (bicyclic) bond motifs is 1. The maximum atomic E-state index is 9.75. The number of hydrogen-bond donors (Lipinski definition) is 2. The van der Waals surface area contributed by atoms with Crippen LogP contribution >= 0.6 is 31.9 Å². The van der Waals surface area contributed by atoms with Crippen molar-refractivity contribution in [2.75, 3.05) is 0 Å². The molecule has 2 N–H and O–H groups in total. The van der Waals surface area contributed by atoms with E-state index >= 15 is 0 Å². The van der Waals surface area contributed by atoms with Crippen molar-refractivity contribution >= 4 is 42.9 Å². The van der Waals surface area contributed by atoms with Gasteiger partial charge in [-0.15, -0.1) is 0 Å². The number of halogens is 2. The SMILES string of the molecule is Oc1cc(-c2nc3ccccc3[nH]2)c(Br)cc1Br. The Morgan fingerprint density at radius 1 is 1.06 bits per heavy atom. The highest BCUT2D eigenvalue weighted by Crippen LogP contribution is 2.35. The zero-order valence-electron chi connectivity index (χ0n) is 9.11. The van der Waals surface area contributed by atoms with Gasteiger partial charge in [0, 0.05) is 10.0 Å². The molecule has 0 radical (unpaired) electrons. The molecule has 3 aromatic rings. The Morgan fingerprint density at radius 3 is 2.61 bits per heavy atom. The van der Waals surface area contributed by atoms with Gasteiger partial charge < -0.3 is 10.1 Å². The highest BCUT2D eigenvalue weighted by atomic mass is 79.9. The summed E-state index contributed by atoms with van der Waals surface area (Å²) in [6, 6.07) is 11.3.